The van der Waals surface area contributed by atoms with Crippen molar-refractivity contribution < 1.29 is 38.1 Å². The fraction of sp³-hybridized carbons (Fsp3) is 0.500. The van der Waals surface area contributed by atoms with Gasteiger partial charge < -0.3 is 23.7 Å². The van der Waals surface area contributed by atoms with Gasteiger partial charge in [-0.05, 0) is 5.56 Å². The van der Waals surface area contributed by atoms with E-state index in [1.54, 1.807) is 0 Å². The third-order valence-corrected chi connectivity index (χ3v) is 3.56. The van der Waals surface area contributed by atoms with Crippen molar-refractivity contribution in [2.45, 2.75) is 52.0 Å². The standard InChI is InChI=1S/C18H22O8/c1-11(19)24-15-10-23-18(22-9-14-7-5-4-6-8-14)17(26-13(3)21)16(15)25-12(2)20/h4-8,15-18H,9-10H2,1-3H3/t15-,16-,17+,18-/m0/s1. The Kier molecular flexibility index (Phi) is 7.11. The monoisotopic (exact) mass is 366 g/mol. The lowest BCUT2D eigenvalue weighted by Gasteiger charge is -2.40. The SMILES string of the molecule is CC(=O)O[C@@H]1[C@@H](OC(C)=O)[C@@H](OCc2ccccc2)OC[C@@H]1OC(C)=O. The highest BCUT2D eigenvalue weighted by atomic mass is 16.7. The van der Waals surface area contributed by atoms with Gasteiger partial charge in [-0.25, -0.2) is 0 Å². The van der Waals surface area contributed by atoms with Crippen molar-refractivity contribution in [1.82, 2.24) is 0 Å². The topological polar surface area (TPSA) is 97.4 Å². The molecule has 1 fully saturated rings. The first-order valence-corrected chi connectivity index (χ1v) is 8.15. The van der Waals surface area contributed by atoms with Gasteiger partial charge in [0.1, 0.15) is 0 Å². The first-order valence-electron chi connectivity index (χ1n) is 8.15. The predicted molar refractivity (Wildman–Crippen MR) is 87.6 cm³/mol. The van der Waals surface area contributed by atoms with Gasteiger partial charge >= 0.3 is 17.9 Å². The second kappa shape index (κ2) is 9.30. The first kappa shape index (κ1) is 19.9. The summed E-state index contributed by atoms with van der Waals surface area (Å²) < 4.78 is 26.9. The average molecular weight is 366 g/mol. The zero-order valence-corrected chi connectivity index (χ0v) is 14.9. The van der Waals surface area contributed by atoms with Gasteiger partial charge in [0, 0.05) is 20.8 Å². The molecule has 0 saturated carbocycles. The van der Waals surface area contributed by atoms with Crippen molar-refractivity contribution in [3.8, 4) is 0 Å². The molecule has 0 N–H and O–H groups in total. The summed E-state index contributed by atoms with van der Waals surface area (Å²) in [5, 5.41) is 0. The normalized spacial score (nSPS) is 25.2. The number of carbonyl (C=O) groups excluding carboxylic acids is 3. The first-order chi connectivity index (χ1) is 12.4. The third-order valence-electron chi connectivity index (χ3n) is 3.56. The summed E-state index contributed by atoms with van der Waals surface area (Å²) in [7, 11) is 0. The molecule has 4 atom stereocenters. The van der Waals surface area contributed by atoms with Crippen LogP contribution in [-0.4, -0.2) is 49.1 Å². The van der Waals surface area contributed by atoms with Crippen molar-refractivity contribution in [3.05, 3.63) is 35.9 Å². The molecule has 1 saturated heterocycles. The Hall–Kier alpha value is -2.45. The summed E-state index contributed by atoms with van der Waals surface area (Å²) in [6.45, 7) is 3.80. The maximum atomic E-state index is 11.5. The number of benzene rings is 1. The maximum absolute atomic E-state index is 11.5. The molecule has 0 aliphatic carbocycles. The summed E-state index contributed by atoms with van der Waals surface area (Å²) in [6.07, 6.45) is -3.99. The molecule has 0 amide bonds. The van der Waals surface area contributed by atoms with E-state index >= 15 is 0 Å². The van der Waals surface area contributed by atoms with E-state index in [2.05, 4.69) is 0 Å². The quantitative estimate of drug-likeness (QED) is 0.550. The van der Waals surface area contributed by atoms with Crippen LogP contribution in [0.4, 0.5) is 0 Å². The Morgan fingerprint density at radius 2 is 1.50 bits per heavy atom. The van der Waals surface area contributed by atoms with E-state index in [0.717, 1.165) is 5.56 Å². The summed E-state index contributed by atoms with van der Waals surface area (Å²) in [5.41, 5.74) is 0.892. The molecule has 0 radical (unpaired) electrons. The van der Waals surface area contributed by atoms with E-state index in [4.69, 9.17) is 23.7 Å². The van der Waals surface area contributed by atoms with Gasteiger partial charge in [-0.1, -0.05) is 30.3 Å². The molecule has 0 unspecified atom stereocenters. The lowest BCUT2D eigenvalue weighted by atomic mass is 10.0. The van der Waals surface area contributed by atoms with Crippen LogP contribution in [0.15, 0.2) is 30.3 Å². The van der Waals surface area contributed by atoms with E-state index in [0.29, 0.717) is 0 Å². The van der Waals surface area contributed by atoms with E-state index in [1.165, 1.54) is 20.8 Å². The Bertz CT molecular complexity index is 629. The molecule has 8 heteroatoms. The van der Waals surface area contributed by atoms with Crippen LogP contribution >= 0.6 is 0 Å². The average Bonchev–Trinajstić information content (AvgIpc) is 2.56. The van der Waals surface area contributed by atoms with Crippen LogP contribution < -0.4 is 0 Å². The molecule has 1 heterocycles. The van der Waals surface area contributed by atoms with Crippen molar-refractivity contribution in [3.63, 3.8) is 0 Å². The minimum Gasteiger partial charge on any atom is -0.456 e. The van der Waals surface area contributed by atoms with Crippen LogP contribution in [0.25, 0.3) is 0 Å². The van der Waals surface area contributed by atoms with Crippen LogP contribution in [0.5, 0.6) is 0 Å². The molecule has 1 aliphatic rings. The van der Waals surface area contributed by atoms with Crippen LogP contribution in [0.1, 0.15) is 26.3 Å². The largest absolute Gasteiger partial charge is 0.456 e. The Labute approximate surface area is 151 Å². The second-order valence-electron chi connectivity index (χ2n) is 5.79. The van der Waals surface area contributed by atoms with E-state index < -0.39 is 42.5 Å². The van der Waals surface area contributed by atoms with Gasteiger partial charge in [-0.15, -0.1) is 0 Å². The van der Waals surface area contributed by atoms with E-state index in [1.807, 2.05) is 30.3 Å². The number of esters is 3. The van der Waals surface area contributed by atoms with Crippen molar-refractivity contribution in [2.75, 3.05) is 6.61 Å². The lowest BCUT2D eigenvalue weighted by molar-refractivity contribution is -0.283. The number of hydrogen-bond donors (Lipinski definition) is 0. The zero-order valence-electron chi connectivity index (χ0n) is 14.9. The molecule has 142 valence electrons. The molecular formula is C18H22O8. The van der Waals surface area contributed by atoms with Gasteiger partial charge in [-0.2, -0.15) is 0 Å². The van der Waals surface area contributed by atoms with Crippen molar-refractivity contribution in [1.29, 1.82) is 0 Å². The van der Waals surface area contributed by atoms with Gasteiger partial charge in [0.2, 0.25) is 0 Å². The van der Waals surface area contributed by atoms with Gasteiger partial charge in [0.25, 0.3) is 0 Å². The second-order valence-corrected chi connectivity index (χ2v) is 5.79. The molecule has 0 spiro atoms. The van der Waals surface area contributed by atoms with Crippen LogP contribution in [0.2, 0.25) is 0 Å². The fourth-order valence-corrected chi connectivity index (χ4v) is 2.60. The minimum absolute atomic E-state index is 0.0608. The van der Waals surface area contributed by atoms with Gasteiger partial charge in [-0.3, -0.25) is 14.4 Å². The molecule has 8 nitrogen and oxygen atoms in total. The molecule has 2 rings (SSSR count). The third kappa shape index (κ3) is 5.82. The van der Waals surface area contributed by atoms with Crippen molar-refractivity contribution >= 4 is 17.9 Å². The number of hydrogen-bond acceptors (Lipinski definition) is 8. The predicted octanol–water partition coefficient (Wildman–Crippen LogP) is 1.35. The summed E-state index contributed by atoms with van der Waals surface area (Å²) >= 11 is 0. The Morgan fingerprint density at radius 3 is 2.08 bits per heavy atom. The van der Waals surface area contributed by atoms with Gasteiger partial charge in [0.15, 0.2) is 24.6 Å². The van der Waals surface area contributed by atoms with Crippen molar-refractivity contribution in [2.24, 2.45) is 0 Å². The highest BCUT2D eigenvalue weighted by Crippen LogP contribution is 2.26. The Morgan fingerprint density at radius 1 is 0.923 bits per heavy atom. The number of carbonyl (C=O) groups is 3. The molecule has 0 aromatic heterocycles. The smallest absolute Gasteiger partial charge is 0.303 e. The zero-order chi connectivity index (χ0) is 19.1. The minimum atomic E-state index is -1.07. The van der Waals surface area contributed by atoms with Crippen LogP contribution in [0, 0.1) is 0 Å². The van der Waals surface area contributed by atoms with Crippen LogP contribution in [0.3, 0.4) is 0 Å². The highest BCUT2D eigenvalue weighted by molar-refractivity contribution is 5.68. The van der Waals surface area contributed by atoms with Gasteiger partial charge in [0.05, 0.1) is 13.2 Å². The summed E-state index contributed by atoms with van der Waals surface area (Å²) in [4.78, 5) is 34.3. The van der Waals surface area contributed by atoms with E-state index in [9.17, 15) is 14.4 Å². The molecule has 0 bridgehead atoms. The highest BCUT2D eigenvalue weighted by Gasteiger charge is 2.47. The Balaban J connectivity index is 2.16. The molecule has 1 aromatic rings. The fourth-order valence-electron chi connectivity index (χ4n) is 2.60. The molecule has 1 aromatic carbocycles. The molecule has 1 aliphatic heterocycles. The lowest BCUT2D eigenvalue weighted by Crippen LogP contribution is -2.58. The molecule has 26 heavy (non-hydrogen) atoms. The summed E-state index contributed by atoms with van der Waals surface area (Å²) in [5.74, 6) is -1.78. The summed E-state index contributed by atoms with van der Waals surface area (Å²) in [6, 6.07) is 9.34. The number of ether oxygens (including phenoxy) is 5. The number of rotatable bonds is 6. The maximum Gasteiger partial charge on any atom is 0.303 e. The molecular weight excluding hydrogens is 344 g/mol. The van der Waals surface area contributed by atoms with E-state index in [-0.39, 0.29) is 13.2 Å². The van der Waals surface area contributed by atoms with Crippen LogP contribution in [-0.2, 0) is 44.7 Å².